The Morgan fingerprint density at radius 3 is 2.53 bits per heavy atom. The fraction of sp³-hybridized carbons (Fsp3) is 0.261. The molecule has 2 heterocycles. The normalized spacial score (nSPS) is 12.8. The van der Waals surface area contributed by atoms with E-state index < -0.39 is 0 Å². The maximum absolute atomic E-state index is 12.9. The number of urea groups is 1. The van der Waals surface area contributed by atoms with Crippen LogP contribution < -0.4 is 15.0 Å². The van der Waals surface area contributed by atoms with Crippen molar-refractivity contribution in [1.82, 2.24) is 14.9 Å². The van der Waals surface area contributed by atoms with Gasteiger partial charge in [-0.15, -0.1) is 0 Å². The van der Waals surface area contributed by atoms with Gasteiger partial charge in [-0.3, -0.25) is 0 Å². The molecule has 0 spiro atoms. The van der Waals surface area contributed by atoms with Crippen LogP contribution in [0.15, 0.2) is 54.6 Å². The van der Waals surface area contributed by atoms with E-state index >= 15 is 0 Å². The summed E-state index contributed by atoms with van der Waals surface area (Å²) in [6, 6.07) is 17.2. The zero-order valence-electron chi connectivity index (χ0n) is 17.4. The first-order valence-electron chi connectivity index (χ1n) is 9.88. The van der Waals surface area contributed by atoms with Gasteiger partial charge in [0.1, 0.15) is 11.6 Å². The topological polar surface area (TPSA) is 70.6 Å². The van der Waals surface area contributed by atoms with Crippen molar-refractivity contribution in [2.75, 3.05) is 38.0 Å². The molecule has 2 aromatic carbocycles. The molecule has 0 fully saturated rings. The zero-order valence-corrected chi connectivity index (χ0v) is 17.4. The lowest BCUT2D eigenvalue weighted by Gasteiger charge is -2.31. The number of anilines is 2. The standard InChI is InChI=1S/C23H25N5O2/c1-27(2)22-17-15-28(23(29)25-19-11-7-8-12-20(19)30-3)14-13-18(17)24-21(26-22)16-9-5-4-6-10-16/h4-12H,13-15H2,1-3H3,(H,25,29). The number of nitrogens with one attached hydrogen (secondary N) is 1. The van der Waals surface area contributed by atoms with E-state index in [9.17, 15) is 4.79 Å². The molecule has 0 bridgehead atoms. The number of nitrogens with zero attached hydrogens (tertiary/aromatic N) is 4. The molecule has 0 saturated carbocycles. The van der Waals surface area contributed by atoms with E-state index in [-0.39, 0.29) is 6.03 Å². The van der Waals surface area contributed by atoms with Gasteiger partial charge in [-0.1, -0.05) is 42.5 Å². The highest BCUT2D eigenvalue weighted by molar-refractivity contribution is 5.91. The molecule has 0 saturated heterocycles. The molecular formula is C23H25N5O2. The first-order chi connectivity index (χ1) is 14.6. The summed E-state index contributed by atoms with van der Waals surface area (Å²) >= 11 is 0. The smallest absolute Gasteiger partial charge is 0.322 e. The molecule has 0 radical (unpaired) electrons. The minimum atomic E-state index is -0.165. The van der Waals surface area contributed by atoms with E-state index in [1.54, 1.807) is 12.0 Å². The van der Waals surface area contributed by atoms with Crippen LogP contribution in [-0.2, 0) is 13.0 Å². The lowest BCUT2D eigenvalue weighted by molar-refractivity contribution is 0.206. The van der Waals surface area contributed by atoms with Crippen LogP contribution in [0.5, 0.6) is 5.75 Å². The minimum absolute atomic E-state index is 0.165. The quantitative estimate of drug-likeness (QED) is 0.717. The molecule has 1 aromatic heterocycles. The fourth-order valence-electron chi connectivity index (χ4n) is 3.60. The van der Waals surface area contributed by atoms with Gasteiger partial charge in [-0.25, -0.2) is 14.8 Å². The van der Waals surface area contributed by atoms with Gasteiger partial charge in [0, 0.05) is 38.2 Å². The van der Waals surface area contributed by atoms with E-state index in [4.69, 9.17) is 14.7 Å². The molecule has 0 aliphatic carbocycles. The Balaban J connectivity index is 1.61. The third-order valence-corrected chi connectivity index (χ3v) is 5.13. The number of ether oxygens (including phenoxy) is 1. The van der Waals surface area contributed by atoms with Crippen molar-refractivity contribution in [1.29, 1.82) is 0 Å². The predicted molar refractivity (Wildman–Crippen MR) is 118 cm³/mol. The summed E-state index contributed by atoms with van der Waals surface area (Å²) in [4.78, 5) is 26.3. The summed E-state index contributed by atoms with van der Waals surface area (Å²) in [5.41, 5.74) is 3.62. The Hall–Kier alpha value is -3.61. The van der Waals surface area contributed by atoms with Gasteiger partial charge in [0.15, 0.2) is 5.82 Å². The number of amides is 2. The lowest BCUT2D eigenvalue weighted by atomic mass is 10.1. The van der Waals surface area contributed by atoms with Crippen molar-refractivity contribution in [2.24, 2.45) is 0 Å². The second-order valence-corrected chi connectivity index (χ2v) is 7.36. The molecule has 7 nitrogen and oxygen atoms in total. The van der Waals surface area contributed by atoms with E-state index in [0.29, 0.717) is 36.8 Å². The molecule has 7 heteroatoms. The van der Waals surface area contributed by atoms with Gasteiger partial charge < -0.3 is 19.9 Å². The molecule has 3 aromatic rings. The van der Waals surface area contributed by atoms with Crippen molar-refractivity contribution >= 4 is 17.5 Å². The second-order valence-electron chi connectivity index (χ2n) is 7.36. The van der Waals surface area contributed by atoms with Crippen LogP contribution in [0, 0.1) is 0 Å². The number of carbonyl (C=O) groups excluding carboxylic acids is 1. The average molecular weight is 403 g/mol. The zero-order chi connectivity index (χ0) is 21.1. The Morgan fingerprint density at radius 1 is 1.07 bits per heavy atom. The van der Waals surface area contributed by atoms with Gasteiger partial charge in [0.2, 0.25) is 0 Å². The van der Waals surface area contributed by atoms with Crippen LogP contribution in [0.3, 0.4) is 0 Å². The SMILES string of the molecule is COc1ccccc1NC(=O)N1CCc2nc(-c3ccccc3)nc(N(C)C)c2C1. The predicted octanol–water partition coefficient (Wildman–Crippen LogP) is 3.81. The van der Waals surface area contributed by atoms with Crippen molar-refractivity contribution in [3.05, 3.63) is 65.9 Å². The van der Waals surface area contributed by atoms with E-state index in [0.717, 1.165) is 22.6 Å². The van der Waals surface area contributed by atoms with Crippen LogP contribution in [0.25, 0.3) is 11.4 Å². The lowest BCUT2D eigenvalue weighted by Crippen LogP contribution is -2.40. The number of hydrogen-bond acceptors (Lipinski definition) is 5. The van der Waals surface area contributed by atoms with Crippen molar-refractivity contribution < 1.29 is 9.53 Å². The Kier molecular flexibility index (Phi) is 5.52. The van der Waals surface area contributed by atoms with Crippen LogP contribution in [-0.4, -0.2) is 48.6 Å². The third-order valence-electron chi connectivity index (χ3n) is 5.13. The van der Waals surface area contributed by atoms with Gasteiger partial charge in [0.05, 0.1) is 25.0 Å². The van der Waals surface area contributed by atoms with E-state index in [1.165, 1.54) is 0 Å². The van der Waals surface area contributed by atoms with E-state index in [2.05, 4.69) is 5.32 Å². The molecule has 2 amide bonds. The number of para-hydroxylation sites is 2. The number of carbonyl (C=O) groups is 1. The fourth-order valence-corrected chi connectivity index (χ4v) is 3.60. The highest BCUT2D eigenvalue weighted by Crippen LogP contribution is 2.30. The summed E-state index contributed by atoms with van der Waals surface area (Å²) < 4.78 is 5.34. The van der Waals surface area contributed by atoms with Crippen LogP contribution in [0.4, 0.5) is 16.3 Å². The average Bonchev–Trinajstić information content (AvgIpc) is 2.78. The van der Waals surface area contributed by atoms with Crippen molar-refractivity contribution in [2.45, 2.75) is 13.0 Å². The largest absolute Gasteiger partial charge is 0.495 e. The first-order valence-corrected chi connectivity index (χ1v) is 9.88. The number of aromatic nitrogens is 2. The van der Waals surface area contributed by atoms with Crippen LogP contribution >= 0.6 is 0 Å². The molecule has 1 aliphatic heterocycles. The second kappa shape index (κ2) is 8.41. The molecule has 1 aliphatic rings. The number of benzene rings is 2. The molecule has 30 heavy (non-hydrogen) atoms. The number of hydrogen-bond donors (Lipinski definition) is 1. The first kappa shape index (κ1) is 19.7. The summed E-state index contributed by atoms with van der Waals surface area (Å²) in [5.74, 6) is 2.19. The number of fused-ring (bicyclic) bond motifs is 1. The monoisotopic (exact) mass is 403 g/mol. The Bertz CT molecular complexity index is 1050. The number of rotatable bonds is 4. The van der Waals surface area contributed by atoms with Crippen molar-refractivity contribution in [3.63, 3.8) is 0 Å². The van der Waals surface area contributed by atoms with Gasteiger partial charge in [0.25, 0.3) is 0 Å². The molecular weight excluding hydrogens is 378 g/mol. The van der Waals surface area contributed by atoms with Crippen molar-refractivity contribution in [3.8, 4) is 17.1 Å². The van der Waals surface area contributed by atoms with Gasteiger partial charge in [-0.05, 0) is 12.1 Å². The maximum Gasteiger partial charge on any atom is 0.322 e. The molecule has 0 atom stereocenters. The summed E-state index contributed by atoms with van der Waals surface area (Å²) in [6.45, 7) is 1.05. The molecule has 0 unspecified atom stereocenters. The highest BCUT2D eigenvalue weighted by atomic mass is 16.5. The minimum Gasteiger partial charge on any atom is -0.495 e. The summed E-state index contributed by atoms with van der Waals surface area (Å²) in [5, 5.41) is 2.96. The third kappa shape index (κ3) is 3.91. The Morgan fingerprint density at radius 2 is 1.80 bits per heavy atom. The Labute approximate surface area is 176 Å². The summed E-state index contributed by atoms with van der Waals surface area (Å²) in [7, 11) is 5.52. The molecule has 154 valence electrons. The van der Waals surface area contributed by atoms with E-state index in [1.807, 2.05) is 73.6 Å². The molecule has 1 N–H and O–H groups in total. The summed E-state index contributed by atoms with van der Waals surface area (Å²) in [6.07, 6.45) is 0.678. The van der Waals surface area contributed by atoms with Crippen LogP contribution in [0.2, 0.25) is 0 Å². The number of methoxy groups -OCH3 is 1. The maximum atomic E-state index is 12.9. The van der Waals surface area contributed by atoms with Gasteiger partial charge in [-0.2, -0.15) is 0 Å². The van der Waals surface area contributed by atoms with Gasteiger partial charge >= 0.3 is 6.03 Å². The van der Waals surface area contributed by atoms with Crippen LogP contribution in [0.1, 0.15) is 11.3 Å². The highest BCUT2D eigenvalue weighted by Gasteiger charge is 2.27. The molecule has 4 rings (SSSR count).